The van der Waals surface area contributed by atoms with Crippen LogP contribution in [0.3, 0.4) is 0 Å². The normalized spacial score (nSPS) is 10.2. The van der Waals surface area contributed by atoms with Crippen molar-refractivity contribution in [3.8, 4) is 0 Å². The van der Waals surface area contributed by atoms with Crippen molar-refractivity contribution in [1.29, 1.82) is 0 Å². The summed E-state index contributed by atoms with van der Waals surface area (Å²) in [6.07, 6.45) is 0. The Morgan fingerprint density at radius 2 is 1.91 bits per heavy atom. The molecular formula is C14H8ClF2IN2OS. The van der Waals surface area contributed by atoms with E-state index >= 15 is 0 Å². The fourth-order valence-corrected chi connectivity index (χ4v) is 2.48. The molecule has 0 atom stereocenters. The molecule has 0 spiro atoms. The first-order valence-corrected chi connectivity index (χ1v) is 7.76. The zero-order valence-electron chi connectivity index (χ0n) is 10.8. The van der Waals surface area contributed by atoms with Crippen molar-refractivity contribution < 1.29 is 13.6 Å². The molecule has 0 saturated carbocycles. The Morgan fingerprint density at radius 3 is 2.59 bits per heavy atom. The maximum atomic E-state index is 13.5. The minimum atomic E-state index is -0.816. The monoisotopic (exact) mass is 452 g/mol. The molecule has 0 radical (unpaired) electrons. The van der Waals surface area contributed by atoms with Crippen LogP contribution in [0.4, 0.5) is 14.5 Å². The molecule has 0 aliphatic rings. The molecule has 2 N–H and O–H groups in total. The van der Waals surface area contributed by atoms with Gasteiger partial charge < -0.3 is 5.32 Å². The Hall–Kier alpha value is -1.32. The largest absolute Gasteiger partial charge is 0.330 e. The Kier molecular flexibility index (Phi) is 5.65. The molecule has 0 aliphatic carbocycles. The number of rotatable bonds is 2. The van der Waals surface area contributed by atoms with Crippen LogP contribution in [0.2, 0.25) is 5.02 Å². The van der Waals surface area contributed by atoms with Crippen LogP contribution >= 0.6 is 46.4 Å². The molecule has 0 unspecified atom stereocenters. The van der Waals surface area contributed by atoms with Gasteiger partial charge in [0.1, 0.15) is 11.6 Å². The maximum absolute atomic E-state index is 13.5. The third-order valence-electron chi connectivity index (χ3n) is 2.58. The van der Waals surface area contributed by atoms with Gasteiger partial charge in [-0.2, -0.15) is 0 Å². The third kappa shape index (κ3) is 4.34. The molecule has 0 aromatic heterocycles. The lowest BCUT2D eigenvalue weighted by atomic mass is 10.2. The molecule has 114 valence electrons. The fraction of sp³-hybridized carbons (Fsp3) is 0. The predicted octanol–water partition coefficient (Wildman–Crippen LogP) is 4.35. The number of nitrogens with one attached hydrogen (secondary N) is 2. The van der Waals surface area contributed by atoms with Crippen LogP contribution in [0.25, 0.3) is 0 Å². The fourth-order valence-electron chi connectivity index (χ4n) is 1.59. The molecule has 8 heteroatoms. The number of thiocarbonyl (C=S) groups is 1. The van der Waals surface area contributed by atoms with E-state index in [0.717, 1.165) is 9.64 Å². The van der Waals surface area contributed by atoms with E-state index in [1.165, 1.54) is 6.07 Å². The molecule has 0 heterocycles. The van der Waals surface area contributed by atoms with Crippen LogP contribution in [0.15, 0.2) is 36.4 Å². The number of carbonyl (C=O) groups is 1. The molecule has 2 aromatic rings. The summed E-state index contributed by atoms with van der Waals surface area (Å²) in [7, 11) is 0. The van der Waals surface area contributed by atoms with Gasteiger partial charge in [-0.3, -0.25) is 10.1 Å². The van der Waals surface area contributed by atoms with Gasteiger partial charge in [0.05, 0.1) is 16.3 Å². The Balaban J connectivity index is 2.08. The van der Waals surface area contributed by atoms with Crippen LogP contribution in [-0.4, -0.2) is 11.0 Å². The quantitative estimate of drug-likeness (QED) is 0.526. The van der Waals surface area contributed by atoms with Gasteiger partial charge in [-0.1, -0.05) is 11.6 Å². The smallest absolute Gasteiger partial charge is 0.258 e. The average molecular weight is 453 g/mol. The van der Waals surface area contributed by atoms with Gasteiger partial charge in [-0.25, -0.2) is 8.78 Å². The van der Waals surface area contributed by atoms with E-state index in [1.54, 1.807) is 18.2 Å². The summed E-state index contributed by atoms with van der Waals surface area (Å²) >= 11 is 12.9. The van der Waals surface area contributed by atoms with Crippen LogP contribution in [-0.2, 0) is 0 Å². The van der Waals surface area contributed by atoms with E-state index in [4.69, 9.17) is 23.8 Å². The van der Waals surface area contributed by atoms with Crippen LogP contribution in [0.5, 0.6) is 0 Å². The second kappa shape index (κ2) is 7.30. The van der Waals surface area contributed by atoms with Crippen LogP contribution in [0.1, 0.15) is 10.4 Å². The number of anilines is 1. The summed E-state index contributed by atoms with van der Waals surface area (Å²) in [5, 5.41) is 5.02. The number of hydrogen-bond donors (Lipinski definition) is 2. The molecule has 22 heavy (non-hydrogen) atoms. The number of carbonyl (C=O) groups excluding carboxylic acids is 1. The third-order valence-corrected chi connectivity index (χ3v) is 3.78. The first-order valence-electron chi connectivity index (χ1n) is 5.89. The number of amides is 1. The summed E-state index contributed by atoms with van der Waals surface area (Å²) in [5.41, 5.74) is 0.206. The van der Waals surface area contributed by atoms with Crippen molar-refractivity contribution in [2.24, 2.45) is 0 Å². The summed E-state index contributed by atoms with van der Waals surface area (Å²) in [6.45, 7) is 0. The van der Waals surface area contributed by atoms with Gasteiger partial charge in [0, 0.05) is 9.64 Å². The molecule has 0 aliphatic heterocycles. The summed E-state index contributed by atoms with van der Waals surface area (Å²) in [4.78, 5) is 12.1. The summed E-state index contributed by atoms with van der Waals surface area (Å²) in [5.74, 6) is -2.05. The van der Waals surface area contributed by atoms with Gasteiger partial charge in [0.25, 0.3) is 5.91 Å². The maximum Gasteiger partial charge on any atom is 0.258 e. The van der Waals surface area contributed by atoms with E-state index in [9.17, 15) is 13.6 Å². The molecular weight excluding hydrogens is 445 g/mol. The number of hydrogen-bond acceptors (Lipinski definition) is 2. The Bertz CT molecular complexity index is 758. The van der Waals surface area contributed by atoms with Crippen molar-refractivity contribution in [2.75, 3.05) is 5.32 Å². The second-order valence-corrected chi connectivity index (χ2v) is 6.22. The highest BCUT2D eigenvalue weighted by Gasteiger charge is 2.13. The van der Waals surface area contributed by atoms with E-state index in [2.05, 4.69) is 10.6 Å². The van der Waals surface area contributed by atoms with Crippen molar-refractivity contribution >= 4 is 63.1 Å². The van der Waals surface area contributed by atoms with Crippen LogP contribution in [0, 0.1) is 15.2 Å². The Labute approximate surface area is 149 Å². The first-order chi connectivity index (χ1) is 10.4. The first kappa shape index (κ1) is 17.0. The highest BCUT2D eigenvalue weighted by atomic mass is 127. The van der Waals surface area contributed by atoms with E-state index in [0.29, 0.717) is 6.07 Å². The van der Waals surface area contributed by atoms with E-state index in [1.807, 2.05) is 22.6 Å². The summed E-state index contributed by atoms with van der Waals surface area (Å²) in [6, 6.07) is 7.91. The number of halogens is 4. The SMILES string of the molecule is O=C(NC(=S)Nc1ccc(F)cc1F)c1cc(I)ccc1Cl. The predicted molar refractivity (Wildman–Crippen MR) is 94.2 cm³/mol. The zero-order chi connectivity index (χ0) is 16.3. The van der Waals surface area contributed by atoms with E-state index < -0.39 is 17.5 Å². The highest BCUT2D eigenvalue weighted by molar-refractivity contribution is 14.1. The minimum absolute atomic E-state index is 0.0413. The molecule has 1 amide bonds. The molecule has 2 rings (SSSR count). The highest BCUT2D eigenvalue weighted by Crippen LogP contribution is 2.19. The van der Waals surface area contributed by atoms with Gasteiger partial charge in [-0.05, 0) is 65.1 Å². The Morgan fingerprint density at radius 1 is 1.18 bits per heavy atom. The standard InChI is InChI=1S/C14H8ClF2IN2OS/c15-10-3-2-8(18)6-9(10)13(21)20-14(22)19-12-4-1-7(16)5-11(12)17/h1-6H,(H2,19,20,21,22). The lowest BCUT2D eigenvalue weighted by molar-refractivity contribution is 0.0978. The van der Waals surface area contributed by atoms with Gasteiger partial charge in [0.2, 0.25) is 0 Å². The summed E-state index contributed by atoms with van der Waals surface area (Å²) < 4.78 is 27.1. The molecule has 0 bridgehead atoms. The average Bonchev–Trinajstić information content (AvgIpc) is 2.44. The van der Waals surface area contributed by atoms with Crippen molar-refractivity contribution in [1.82, 2.24) is 5.32 Å². The van der Waals surface area contributed by atoms with E-state index in [-0.39, 0.29) is 21.4 Å². The molecule has 3 nitrogen and oxygen atoms in total. The number of benzene rings is 2. The molecule has 0 fully saturated rings. The molecule has 0 saturated heterocycles. The minimum Gasteiger partial charge on any atom is -0.330 e. The van der Waals surface area contributed by atoms with Crippen molar-refractivity contribution in [3.05, 3.63) is 62.2 Å². The lowest BCUT2D eigenvalue weighted by Crippen LogP contribution is -2.34. The van der Waals surface area contributed by atoms with Crippen LogP contribution < -0.4 is 10.6 Å². The van der Waals surface area contributed by atoms with Crippen molar-refractivity contribution in [3.63, 3.8) is 0 Å². The topological polar surface area (TPSA) is 41.1 Å². The van der Waals surface area contributed by atoms with Crippen molar-refractivity contribution in [2.45, 2.75) is 0 Å². The van der Waals surface area contributed by atoms with Gasteiger partial charge in [-0.15, -0.1) is 0 Å². The zero-order valence-corrected chi connectivity index (χ0v) is 14.5. The van der Waals surface area contributed by atoms with Gasteiger partial charge >= 0.3 is 0 Å². The second-order valence-electron chi connectivity index (χ2n) is 4.16. The van der Waals surface area contributed by atoms with Gasteiger partial charge in [0.15, 0.2) is 5.11 Å². The molecule has 2 aromatic carbocycles. The lowest BCUT2D eigenvalue weighted by Gasteiger charge is -2.11.